The number of benzene rings is 2. The SMILES string of the molecule is CCOC(=O)C1=C(C)N=c2s/c(=C\C=C\c3ccccc3)c(=O)n2C1c1cccc(OC)c1OCC. The Kier molecular flexibility index (Phi) is 7.85. The Morgan fingerprint density at radius 2 is 1.89 bits per heavy atom. The lowest BCUT2D eigenvalue weighted by molar-refractivity contribution is -0.139. The van der Waals surface area contributed by atoms with Gasteiger partial charge < -0.3 is 14.2 Å². The second kappa shape index (κ2) is 11.2. The van der Waals surface area contributed by atoms with Gasteiger partial charge in [0.15, 0.2) is 16.3 Å². The van der Waals surface area contributed by atoms with Crippen LogP contribution in [0.1, 0.15) is 37.9 Å². The first-order valence-corrected chi connectivity index (χ1v) is 12.5. The highest BCUT2D eigenvalue weighted by atomic mass is 32.1. The molecular weight excluding hydrogens is 476 g/mol. The molecule has 0 bridgehead atoms. The zero-order valence-corrected chi connectivity index (χ0v) is 21.5. The van der Waals surface area contributed by atoms with E-state index in [1.165, 1.54) is 11.3 Å². The van der Waals surface area contributed by atoms with E-state index in [1.54, 1.807) is 37.7 Å². The van der Waals surface area contributed by atoms with Crippen molar-refractivity contribution in [3.05, 3.63) is 96.7 Å². The molecule has 0 fully saturated rings. The Labute approximate surface area is 213 Å². The number of allylic oxidation sites excluding steroid dienone is 2. The Bertz CT molecular complexity index is 1500. The number of rotatable bonds is 8. The number of thiazole rings is 1. The van der Waals surface area contributed by atoms with Crippen LogP contribution in [-0.4, -0.2) is 30.9 Å². The van der Waals surface area contributed by atoms with Crippen LogP contribution in [0, 0.1) is 0 Å². The molecule has 8 heteroatoms. The van der Waals surface area contributed by atoms with Crippen LogP contribution in [0.5, 0.6) is 11.5 Å². The average Bonchev–Trinajstić information content (AvgIpc) is 3.19. The van der Waals surface area contributed by atoms with Gasteiger partial charge in [-0.3, -0.25) is 9.36 Å². The molecule has 0 N–H and O–H groups in total. The second-order valence-electron chi connectivity index (χ2n) is 7.91. The number of methoxy groups -OCH3 is 1. The quantitative estimate of drug-likeness (QED) is 0.435. The third kappa shape index (κ3) is 4.90. The second-order valence-corrected chi connectivity index (χ2v) is 8.92. The first kappa shape index (κ1) is 25.2. The van der Waals surface area contributed by atoms with Crippen molar-refractivity contribution in [1.82, 2.24) is 4.57 Å². The van der Waals surface area contributed by atoms with E-state index < -0.39 is 12.0 Å². The van der Waals surface area contributed by atoms with Gasteiger partial charge in [0.05, 0.1) is 36.1 Å². The zero-order chi connectivity index (χ0) is 25.7. The largest absolute Gasteiger partial charge is 0.493 e. The molecule has 1 unspecified atom stereocenters. The summed E-state index contributed by atoms with van der Waals surface area (Å²) >= 11 is 1.27. The van der Waals surface area contributed by atoms with Crippen molar-refractivity contribution >= 4 is 29.5 Å². The Balaban J connectivity index is 1.93. The molecule has 1 aromatic heterocycles. The van der Waals surface area contributed by atoms with Crippen molar-refractivity contribution in [2.45, 2.75) is 26.8 Å². The number of nitrogens with zero attached hydrogens (tertiary/aromatic N) is 2. The predicted molar refractivity (Wildman–Crippen MR) is 141 cm³/mol. The minimum Gasteiger partial charge on any atom is -0.493 e. The topological polar surface area (TPSA) is 79.1 Å². The molecule has 7 nitrogen and oxygen atoms in total. The summed E-state index contributed by atoms with van der Waals surface area (Å²) in [5.74, 6) is 0.468. The number of para-hydroxylation sites is 1. The van der Waals surface area contributed by atoms with Gasteiger partial charge in [-0.15, -0.1) is 0 Å². The number of ether oxygens (including phenoxy) is 3. The summed E-state index contributed by atoms with van der Waals surface area (Å²) in [5, 5.41) is 0. The van der Waals surface area contributed by atoms with Gasteiger partial charge in [0.25, 0.3) is 5.56 Å². The Morgan fingerprint density at radius 1 is 1.11 bits per heavy atom. The molecule has 4 rings (SSSR count). The normalized spacial score (nSPS) is 15.6. The average molecular weight is 505 g/mol. The van der Waals surface area contributed by atoms with Crippen molar-refractivity contribution in [1.29, 1.82) is 0 Å². The van der Waals surface area contributed by atoms with Crippen LogP contribution in [0.3, 0.4) is 0 Å². The van der Waals surface area contributed by atoms with Gasteiger partial charge in [0.1, 0.15) is 6.04 Å². The van der Waals surface area contributed by atoms with Gasteiger partial charge in [-0.25, -0.2) is 9.79 Å². The van der Waals surface area contributed by atoms with E-state index in [1.807, 2.05) is 61.5 Å². The van der Waals surface area contributed by atoms with Crippen LogP contribution in [0.15, 0.2) is 75.7 Å². The van der Waals surface area contributed by atoms with Crippen LogP contribution in [0.2, 0.25) is 0 Å². The summed E-state index contributed by atoms with van der Waals surface area (Å²) in [4.78, 5) is 31.9. The van der Waals surface area contributed by atoms with E-state index in [-0.39, 0.29) is 12.2 Å². The molecule has 2 heterocycles. The first-order valence-electron chi connectivity index (χ1n) is 11.7. The molecule has 186 valence electrons. The predicted octanol–water partition coefficient (Wildman–Crippen LogP) is 3.87. The number of fused-ring (bicyclic) bond motifs is 1. The highest BCUT2D eigenvalue weighted by Crippen LogP contribution is 2.40. The van der Waals surface area contributed by atoms with Crippen molar-refractivity contribution in [3.63, 3.8) is 0 Å². The maximum absolute atomic E-state index is 13.7. The van der Waals surface area contributed by atoms with Crippen molar-refractivity contribution in [2.75, 3.05) is 20.3 Å². The molecule has 1 aliphatic heterocycles. The first-order chi connectivity index (χ1) is 17.5. The molecule has 0 saturated heterocycles. The minimum absolute atomic E-state index is 0.202. The number of hydrogen-bond acceptors (Lipinski definition) is 7. The van der Waals surface area contributed by atoms with E-state index in [2.05, 4.69) is 4.99 Å². The fourth-order valence-electron chi connectivity index (χ4n) is 4.12. The number of carbonyl (C=O) groups excluding carboxylic acids is 1. The van der Waals surface area contributed by atoms with Gasteiger partial charge in [0.2, 0.25) is 0 Å². The van der Waals surface area contributed by atoms with E-state index in [9.17, 15) is 9.59 Å². The number of aromatic nitrogens is 1. The van der Waals surface area contributed by atoms with Gasteiger partial charge in [-0.1, -0.05) is 66.0 Å². The fourth-order valence-corrected chi connectivity index (χ4v) is 5.12. The van der Waals surface area contributed by atoms with Gasteiger partial charge in [0, 0.05) is 5.56 Å². The van der Waals surface area contributed by atoms with Crippen LogP contribution < -0.4 is 24.4 Å². The molecule has 0 saturated carbocycles. The number of hydrogen-bond donors (Lipinski definition) is 0. The van der Waals surface area contributed by atoms with Crippen LogP contribution >= 0.6 is 11.3 Å². The van der Waals surface area contributed by atoms with E-state index in [4.69, 9.17) is 14.2 Å². The molecule has 36 heavy (non-hydrogen) atoms. The maximum atomic E-state index is 13.7. The summed E-state index contributed by atoms with van der Waals surface area (Å²) in [6.07, 6.45) is 5.54. The number of esters is 1. The molecule has 1 aliphatic rings. The van der Waals surface area contributed by atoms with Gasteiger partial charge in [-0.05, 0) is 38.5 Å². The number of carbonyl (C=O) groups is 1. The Hall–Kier alpha value is -3.91. The fraction of sp³-hybridized carbons (Fsp3) is 0.250. The lowest BCUT2D eigenvalue weighted by atomic mass is 9.94. The summed E-state index contributed by atoms with van der Waals surface area (Å²) in [5.41, 5.74) is 2.20. The third-order valence-corrected chi connectivity index (χ3v) is 6.67. The summed E-state index contributed by atoms with van der Waals surface area (Å²) < 4.78 is 18.9. The van der Waals surface area contributed by atoms with Crippen molar-refractivity contribution in [2.24, 2.45) is 4.99 Å². The van der Waals surface area contributed by atoms with E-state index in [0.29, 0.717) is 44.3 Å². The minimum atomic E-state index is -0.780. The maximum Gasteiger partial charge on any atom is 0.338 e. The third-order valence-electron chi connectivity index (χ3n) is 5.67. The smallest absolute Gasteiger partial charge is 0.338 e. The lowest BCUT2D eigenvalue weighted by Crippen LogP contribution is -2.40. The molecular formula is C28H28N2O5S. The molecule has 0 radical (unpaired) electrons. The molecule has 2 aromatic carbocycles. The van der Waals surface area contributed by atoms with Crippen molar-refractivity contribution < 1.29 is 19.0 Å². The monoisotopic (exact) mass is 504 g/mol. The summed E-state index contributed by atoms with van der Waals surface area (Å²) in [6.45, 7) is 5.96. The summed E-state index contributed by atoms with van der Waals surface area (Å²) in [6, 6.07) is 14.5. The molecule has 0 aliphatic carbocycles. The zero-order valence-electron chi connectivity index (χ0n) is 20.7. The van der Waals surface area contributed by atoms with Crippen LogP contribution in [0.25, 0.3) is 12.2 Å². The van der Waals surface area contributed by atoms with Crippen LogP contribution in [0.4, 0.5) is 0 Å². The Morgan fingerprint density at radius 3 is 2.58 bits per heavy atom. The molecule has 1 atom stereocenters. The summed E-state index contributed by atoms with van der Waals surface area (Å²) in [7, 11) is 1.56. The van der Waals surface area contributed by atoms with E-state index in [0.717, 1.165) is 5.56 Å². The molecule has 3 aromatic rings. The van der Waals surface area contributed by atoms with Gasteiger partial charge >= 0.3 is 5.97 Å². The highest BCUT2D eigenvalue weighted by molar-refractivity contribution is 7.07. The molecule has 0 amide bonds. The lowest BCUT2D eigenvalue weighted by Gasteiger charge is -2.26. The van der Waals surface area contributed by atoms with Gasteiger partial charge in [-0.2, -0.15) is 0 Å². The van der Waals surface area contributed by atoms with E-state index >= 15 is 0 Å². The van der Waals surface area contributed by atoms with Crippen LogP contribution in [-0.2, 0) is 9.53 Å². The standard InChI is InChI=1S/C28H28N2O5S/c1-5-34-25-20(15-11-16-21(25)33-4)24-23(27(32)35-6-2)18(3)29-28-30(24)26(31)22(36-28)17-10-14-19-12-8-7-9-13-19/h7-17,24H,5-6H2,1-4H3/b14-10+,22-17-. The van der Waals surface area contributed by atoms with Crippen molar-refractivity contribution in [3.8, 4) is 11.5 Å². The highest BCUT2D eigenvalue weighted by Gasteiger charge is 2.35. The molecule has 0 spiro atoms.